The molecule has 36 heavy (non-hydrogen) atoms. The van der Waals surface area contributed by atoms with Crippen LogP contribution in [0.2, 0.25) is 5.02 Å². The number of nitrogens with zero attached hydrogens (tertiary/aromatic N) is 1. The van der Waals surface area contributed by atoms with Gasteiger partial charge < -0.3 is 20.6 Å². The van der Waals surface area contributed by atoms with Crippen molar-refractivity contribution in [2.75, 3.05) is 11.9 Å². The van der Waals surface area contributed by atoms with E-state index >= 15 is 0 Å². The lowest BCUT2D eigenvalue weighted by molar-refractivity contribution is -0.119. The Hall–Kier alpha value is -3.98. The first-order valence-corrected chi connectivity index (χ1v) is 11.5. The molecule has 0 aromatic heterocycles. The number of aromatic carboxylic acids is 1. The second-order valence-corrected chi connectivity index (χ2v) is 8.74. The number of carboxylic acid groups (broad SMARTS) is 1. The number of carbonyl (C=O) groups excluding carboxylic acids is 2. The summed E-state index contributed by atoms with van der Waals surface area (Å²) in [6, 6.07) is 14.1. The smallest absolute Gasteiger partial charge is 0.335 e. The van der Waals surface area contributed by atoms with E-state index in [0.717, 1.165) is 23.3 Å². The SMILES string of the molecule is O=C(O)c1ccc(-c2ccc(NC(=O)[C@H]3CCCN3C(=O)NCc3c(F)cc(Cl)cc3F)cc2)cc1. The number of carbonyl (C=O) groups is 3. The Balaban J connectivity index is 1.37. The molecule has 7 nitrogen and oxygen atoms in total. The predicted molar refractivity (Wildman–Crippen MR) is 131 cm³/mol. The number of amides is 3. The molecular weight excluding hydrogens is 492 g/mol. The van der Waals surface area contributed by atoms with Crippen molar-refractivity contribution in [2.45, 2.75) is 25.4 Å². The zero-order valence-corrected chi connectivity index (χ0v) is 19.7. The van der Waals surface area contributed by atoms with E-state index in [1.807, 2.05) is 0 Å². The number of carboxylic acids is 1. The van der Waals surface area contributed by atoms with Gasteiger partial charge in [0.25, 0.3) is 0 Å². The molecule has 3 aromatic rings. The molecule has 0 bridgehead atoms. The van der Waals surface area contributed by atoms with Crippen molar-refractivity contribution in [1.29, 1.82) is 0 Å². The highest BCUT2D eigenvalue weighted by Crippen LogP contribution is 2.24. The standard InChI is InChI=1S/C26H22ClF2N3O4/c27-18-12-21(28)20(22(29)13-18)14-30-26(36)32-11-1-2-23(32)24(33)31-19-9-7-16(8-10-19)15-3-5-17(6-4-15)25(34)35/h3-10,12-13,23H,1-2,11,14H2,(H,30,36)(H,31,33)(H,34,35)/t23-/m1/s1. The van der Waals surface area contributed by atoms with E-state index in [9.17, 15) is 23.2 Å². The Morgan fingerprint density at radius 1 is 0.972 bits per heavy atom. The second-order valence-electron chi connectivity index (χ2n) is 8.31. The normalized spacial score (nSPS) is 15.0. The van der Waals surface area contributed by atoms with Gasteiger partial charge in [-0.3, -0.25) is 4.79 Å². The van der Waals surface area contributed by atoms with Crippen LogP contribution in [0.3, 0.4) is 0 Å². The van der Waals surface area contributed by atoms with Crippen LogP contribution in [0.4, 0.5) is 19.3 Å². The number of benzene rings is 3. The monoisotopic (exact) mass is 513 g/mol. The van der Waals surface area contributed by atoms with Gasteiger partial charge in [0.05, 0.1) is 12.1 Å². The fraction of sp³-hybridized carbons (Fsp3) is 0.192. The molecule has 0 radical (unpaired) electrons. The van der Waals surface area contributed by atoms with E-state index in [0.29, 0.717) is 25.1 Å². The molecule has 10 heteroatoms. The molecule has 3 amide bonds. The number of nitrogens with one attached hydrogen (secondary N) is 2. The molecule has 0 saturated carbocycles. The molecule has 1 saturated heterocycles. The molecule has 0 spiro atoms. The number of anilines is 1. The van der Waals surface area contributed by atoms with E-state index in [2.05, 4.69) is 10.6 Å². The van der Waals surface area contributed by atoms with E-state index in [1.165, 1.54) is 17.0 Å². The highest BCUT2D eigenvalue weighted by atomic mass is 35.5. The molecule has 0 aliphatic carbocycles. The first-order valence-electron chi connectivity index (χ1n) is 11.2. The van der Waals surface area contributed by atoms with Crippen LogP contribution < -0.4 is 10.6 Å². The highest BCUT2D eigenvalue weighted by Gasteiger charge is 2.34. The molecule has 4 rings (SSSR count). The van der Waals surface area contributed by atoms with Gasteiger partial charge in [0.2, 0.25) is 5.91 Å². The Morgan fingerprint density at radius 3 is 2.14 bits per heavy atom. The summed E-state index contributed by atoms with van der Waals surface area (Å²) in [5.74, 6) is -3.10. The molecule has 3 aromatic carbocycles. The van der Waals surface area contributed by atoms with Gasteiger partial charge in [-0.1, -0.05) is 35.9 Å². The van der Waals surface area contributed by atoms with Gasteiger partial charge in [-0.05, 0) is 60.4 Å². The van der Waals surface area contributed by atoms with Gasteiger partial charge >= 0.3 is 12.0 Å². The van der Waals surface area contributed by atoms with Crippen molar-refractivity contribution < 1.29 is 28.3 Å². The van der Waals surface area contributed by atoms with Crippen molar-refractivity contribution in [3.05, 3.63) is 88.4 Å². The first-order chi connectivity index (χ1) is 17.2. The fourth-order valence-electron chi connectivity index (χ4n) is 4.07. The van der Waals surface area contributed by atoms with Crippen LogP contribution in [0.25, 0.3) is 11.1 Å². The second kappa shape index (κ2) is 10.7. The summed E-state index contributed by atoms with van der Waals surface area (Å²) in [6.45, 7) is -0.0474. The van der Waals surface area contributed by atoms with Crippen LogP contribution in [0, 0.1) is 11.6 Å². The van der Waals surface area contributed by atoms with Crippen LogP contribution in [-0.2, 0) is 11.3 Å². The molecule has 3 N–H and O–H groups in total. The molecule has 186 valence electrons. The lowest BCUT2D eigenvalue weighted by atomic mass is 10.0. The van der Waals surface area contributed by atoms with E-state index in [4.69, 9.17) is 16.7 Å². The van der Waals surface area contributed by atoms with Crippen molar-refractivity contribution in [3.63, 3.8) is 0 Å². The average molecular weight is 514 g/mol. The maximum absolute atomic E-state index is 14.0. The first kappa shape index (κ1) is 25.1. The number of likely N-dealkylation sites (tertiary alicyclic amines) is 1. The van der Waals surface area contributed by atoms with Crippen LogP contribution in [0.1, 0.15) is 28.8 Å². The van der Waals surface area contributed by atoms with E-state index in [-0.39, 0.29) is 28.6 Å². The maximum atomic E-state index is 14.0. The molecule has 1 aliphatic heterocycles. The van der Waals surface area contributed by atoms with Gasteiger partial charge in [0.1, 0.15) is 17.7 Å². The quantitative estimate of drug-likeness (QED) is 0.417. The summed E-state index contributed by atoms with van der Waals surface area (Å²) in [5, 5.41) is 14.2. The van der Waals surface area contributed by atoms with Crippen molar-refractivity contribution in [1.82, 2.24) is 10.2 Å². The number of urea groups is 1. The van der Waals surface area contributed by atoms with Gasteiger partial charge in [-0.25, -0.2) is 18.4 Å². The number of halogens is 3. The summed E-state index contributed by atoms with van der Waals surface area (Å²) < 4.78 is 28.0. The third kappa shape index (κ3) is 5.63. The van der Waals surface area contributed by atoms with Gasteiger partial charge in [0.15, 0.2) is 0 Å². The van der Waals surface area contributed by atoms with Gasteiger partial charge in [0, 0.05) is 22.8 Å². The fourth-order valence-corrected chi connectivity index (χ4v) is 4.26. The summed E-state index contributed by atoms with van der Waals surface area (Å²) >= 11 is 5.63. The molecule has 1 atom stereocenters. The number of rotatable bonds is 6. The minimum atomic E-state index is -1.00. The van der Waals surface area contributed by atoms with Crippen LogP contribution in [0.15, 0.2) is 60.7 Å². The molecule has 0 unspecified atom stereocenters. The Morgan fingerprint density at radius 2 is 1.56 bits per heavy atom. The minimum absolute atomic E-state index is 0.0829. The van der Waals surface area contributed by atoms with Crippen LogP contribution >= 0.6 is 11.6 Å². The maximum Gasteiger partial charge on any atom is 0.335 e. The Labute approximate surface area is 210 Å². The zero-order chi connectivity index (χ0) is 25.8. The zero-order valence-electron chi connectivity index (χ0n) is 18.9. The average Bonchev–Trinajstić information content (AvgIpc) is 3.34. The number of hydrogen-bond donors (Lipinski definition) is 3. The lowest BCUT2D eigenvalue weighted by Crippen LogP contribution is -2.47. The third-order valence-electron chi connectivity index (χ3n) is 5.96. The molecule has 1 heterocycles. The van der Waals surface area contributed by atoms with Crippen molar-refractivity contribution in [2.24, 2.45) is 0 Å². The van der Waals surface area contributed by atoms with E-state index in [1.54, 1.807) is 36.4 Å². The molecule has 1 aliphatic rings. The van der Waals surface area contributed by atoms with Gasteiger partial charge in [-0.2, -0.15) is 0 Å². The largest absolute Gasteiger partial charge is 0.478 e. The van der Waals surface area contributed by atoms with Crippen LogP contribution in [0.5, 0.6) is 0 Å². The number of hydrogen-bond acceptors (Lipinski definition) is 3. The lowest BCUT2D eigenvalue weighted by Gasteiger charge is -2.24. The van der Waals surface area contributed by atoms with Crippen molar-refractivity contribution in [3.8, 4) is 11.1 Å². The third-order valence-corrected chi connectivity index (χ3v) is 6.17. The topological polar surface area (TPSA) is 98.7 Å². The highest BCUT2D eigenvalue weighted by molar-refractivity contribution is 6.30. The van der Waals surface area contributed by atoms with Crippen molar-refractivity contribution >= 4 is 35.2 Å². The molecule has 1 fully saturated rings. The molecular formula is C26H22ClF2N3O4. The Bertz CT molecular complexity index is 1280. The Kier molecular flexibility index (Phi) is 7.49. The predicted octanol–water partition coefficient (Wildman–Crippen LogP) is 5.30. The van der Waals surface area contributed by atoms with Gasteiger partial charge in [-0.15, -0.1) is 0 Å². The van der Waals surface area contributed by atoms with Crippen LogP contribution in [-0.4, -0.2) is 40.5 Å². The summed E-state index contributed by atoms with van der Waals surface area (Å²) in [6.07, 6.45) is 1.07. The summed E-state index contributed by atoms with van der Waals surface area (Å²) in [7, 11) is 0. The summed E-state index contributed by atoms with van der Waals surface area (Å²) in [5.41, 5.74) is 2.07. The summed E-state index contributed by atoms with van der Waals surface area (Å²) in [4.78, 5) is 37.9. The minimum Gasteiger partial charge on any atom is -0.478 e. The van der Waals surface area contributed by atoms with E-state index < -0.39 is 29.7 Å².